The minimum Gasteiger partial charge on any atom is -0.0648 e. The Morgan fingerprint density at radius 2 is 0.812 bits per heavy atom. The topological polar surface area (TPSA) is 0 Å². The van der Waals surface area contributed by atoms with Gasteiger partial charge in [0.25, 0.3) is 0 Å². The van der Waals surface area contributed by atoms with E-state index in [4.69, 9.17) is 0 Å². The highest BCUT2D eigenvalue weighted by molar-refractivity contribution is 5.04. The second-order valence-electron chi connectivity index (χ2n) is 7.89. The molecular formula is C16H34. The summed E-state index contributed by atoms with van der Waals surface area (Å²) in [4.78, 5) is 0. The van der Waals surface area contributed by atoms with Crippen LogP contribution < -0.4 is 0 Å². The smallest absolute Gasteiger partial charge is 0.0175 e. The van der Waals surface area contributed by atoms with Crippen LogP contribution in [0.25, 0.3) is 0 Å². The number of hydrogen-bond acceptors (Lipinski definition) is 0. The molecule has 0 aromatic heterocycles. The fourth-order valence-corrected chi connectivity index (χ4v) is 3.89. The predicted octanol–water partition coefficient (Wildman–Crippen LogP) is 5.91. The lowest BCUT2D eigenvalue weighted by Crippen LogP contribution is -2.54. The lowest BCUT2D eigenvalue weighted by atomic mass is 9.43. The maximum Gasteiger partial charge on any atom is -0.0175 e. The van der Waals surface area contributed by atoms with E-state index < -0.39 is 0 Å². The van der Waals surface area contributed by atoms with Crippen molar-refractivity contribution in [2.45, 2.75) is 82.1 Å². The molecule has 98 valence electrons. The molecule has 0 heterocycles. The van der Waals surface area contributed by atoms with E-state index in [0.29, 0.717) is 21.7 Å². The molecule has 0 amide bonds. The molecule has 0 nitrogen and oxygen atoms in total. The molecule has 0 spiro atoms. The van der Waals surface area contributed by atoms with E-state index in [0.717, 1.165) is 0 Å². The molecule has 0 atom stereocenters. The highest BCUT2D eigenvalue weighted by Gasteiger charge is 2.55. The summed E-state index contributed by atoms with van der Waals surface area (Å²) in [6.07, 6.45) is 2.52. The first-order valence-electron chi connectivity index (χ1n) is 6.87. The molecule has 0 saturated carbocycles. The van der Waals surface area contributed by atoms with Crippen molar-refractivity contribution in [3.05, 3.63) is 0 Å². The SMILES string of the molecule is CCC(C)(CC)C(C)(C(C)(C)C)C(C)(C)C. The van der Waals surface area contributed by atoms with Gasteiger partial charge in [-0.25, -0.2) is 0 Å². The van der Waals surface area contributed by atoms with Crippen LogP contribution in [0.15, 0.2) is 0 Å². The molecule has 0 aromatic rings. The van der Waals surface area contributed by atoms with Crippen LogP contribution in [-0.2, 0) is 0 Å². The molecule has 0 radical (unpaired) electrons. The van der Waals surface area contributed by atoms with Crippen molar-refractivity contribution in [3.8, 4) is 0 Å². The van der Waals surface area contributed by atoms with Crippen LogP contribution in [0.5, 0.6) is 0 Å². The molecule has 0 bridgehead atoms. The van der Waals surface area contributed by atoms with Crippen LogP contribution in [-0.4, -0.2) is 0 Å². The summed E-state index contributed by atoms with van der Waals surface area (Å²) in [5.74, 6) is 0. The lowest BCUT2D eigenvalue weighted by Gasteiger charge is -2.61. The van der Waals surface area contributed by atoms with Gasteiger partial charge in [0.1, 0.15) is 0 Å². The third kappa shape index (κ3) is 2.17. The Hall–Kier alpha value is 0. The first-order valence-corrected chi connectivity index (χ1v) is 6.87. The van der Waals surface area contributed by atoms with E-state index in [9.17, 15) is 0 Å². The summed E-state index contributed by atoms with van der Waals surface area (Å²) >= 11 is 0. The zero-order valence-electron chi connectivity index (χ0n) is 13.4. The van der Waals surface area contributed by atoms with Crippen molar-refractivity contribution in [1.82, 2.24) is 0 Å². The molecule has 0 fully saturated rings. The standard InChI is InChI=1S/C16H34/c1-11-15(9,12-2)16(10,13(3,4)5)14(6,7)8/h11-12H2,1-10H3. The van der Waals surface area contributed by atoms with Crippen molar-refractivity contribution in [1.29, 1.82) is 0 Å². The zero-order chi connectivity index (χ0) is 13.4. The zero-order valence-corrected chi connectivity index (χ0v) is 13.4. The van der Waals surface area contributed by atoms with E-state index in [1.165, 1.54) is 12.8 Å². The van der Waals surface area contributed by atoms with Gasteiger partial charge in [0.05, 0.1) is 0 Å². The average molecular weight is 226 g/mol. The molecule has 0 rings (SSSR count). The van der Waals surface area contributed by atoms with Gasteiger partial charge < -0.3 is 0 Å². The highest BCUT2D eigenvalue weighted by atomic mass is 14.6. The highest BCUT2D eigenvalue weighted by Crippen LogP contribution is 2.63. The predicted molar refractivity (Wildman–Crippen MR) is 75.7 cm³/mol. The fourth-order valence-electron chi connectivity index (χ4n) is 3.89. The molecule has 0 aliphatic heterocycles. The van der Waals surface area contributed by atoms with Gasteiger partial charge in [-0.3, -0.25) is 0 Å². The summed E-state index contributed by atoms with van der Waals surface area (Å²) in [5, 5.41) is 0. The van der Waals surface area contributed by atoms with Crippen molar-refractivity contribution in [2.24, 2.45) is 21.7 Å². The monoisotopic (exact) mass is 226 g/mol. The summed E-state index contributed by atoms with van der Waals surface area (Å²) in [5.41, 5.74) is 1.39. The van der Waals surface area contributed by atoms with Crippen molar-refractivity contribution >= 4 is 0 Å². The van der Waals surface area contributed by atoms with Gasteiger partial charge in [-0.2, -0.15) is 0 Å². The lowest BCUT2D eigenvalue weighted by molar-refractivity contribution is -0.126. The molecule has 0 saturated heterocycles. The molecule has 0 N–H and O–H groups in total. The molecule has 0 unspecified atom stereocenters. The van der Waals surface area contributed by atoms with Crippen LogP contribution in [0, 0.1) is 21.7 Å². The van der Waals surface area contributed by atoms with Gasteiger partial charge >= 0.3 is 0 Å². The minimum atomic E-state index is 0.325. The summed E-state index contributed by atoms with van der Waals surface area (Å²) in [6.45, 7) is 24.1. The van der Waals surface area contributed by atoms with Crippen LogP contribution in [0.3, 0.4) is 0 Å². The second kappa shape index (κ2) is 4.35. The van der Waals surface area contributed by atoms with Gasteiger partial charge in [0.2, 0.25) is 0 Å². The van der Waals surface area contributed by atoms with Gasteiger partial charge in [0.15, 0.2) is 0 Å². The van der Waals surface area contributed by atoms with E-state index in [-0.39, 0.29) is 0 Å². The number of hydrogen-bond donors (Lipinski definition) is 0. The van der Waals surface area contributed by atoms with Gasteiger partial charge in [-0.15, -0.1) is 0 Å². The Morgan fingerprint density at radius 1 is 0.562 bits per heavy atom. The maximum atomic E-state index is 2.50. The molecule has 16 heavy (non-hydrogen) atoms. The van der Waals surface area contributed by atoms with Crippen LogP contribution in [0.1, 0.15) is 82.1 Å². The van der Waals surface area contributed by atoms with E-state index in [1.54, 1.807) is 0 Å². The Labute approximate surface area is 104 Å². The Bertz CT molecular complexity index is 203. The third-order valence-electron chi connectivity index (χ3n) is 5.77. The van der Waals surface area contributed by atoms with Crippen LogP contribution >= 0.6 is 0 Å². The molecular weight excluding hydrogens is 192 g/mol. The molecule has 0 aliphatic rings. The average Bonchev–Trinajstić information content (AvgIpc) is 2.11. The van der Waals surface area contributed by atoms with Crippen LogP contribution in [0.4, 0.5) is 0 Å². The van der Waals surface area contributed by atoms with E-state index in [1.807, 2.05) is 0 Å². The Kier molecular flexibility index (Phi) is 4.35. The first kappa shape index (κ1) is 16.0. The minimum absolute atomic E-state index is 0.325. The third-order valence-corrected chi connectivity index (χ3v) is 5.77. The second-order valence-corrected chi connectivity index (χ2v) is 7.89. The summed E-state index contributed by atoms with van der Waals surface area (Å²) < 4.78 is 0. The van der Waals surface area contributed by atoms with Crippen molar-refractivity contribution < 1.29 is 0 Å². The van der Waals surface area contributed by atoms with Gasteiger partial charge in [-0.1, -0.05) is 82.1 Å². The molecule has 0 aliphatic carbocycles. The first-order chi connectivity index (χ1) is 6.87. The molecule has 0 aromatic carbocycles. The fraction of sp³-hybridized carbons (Fsp3) is 1.00. The van der Waals surface area contributed by atoms with E-state index in [2.05, 4.69) is 69.2 Å². The molecule has 0 heteroatoms. The summed E-state index contributed by atoms with van der Waals surface area (Å²) in [6, 6.07) is 0. The Morgan fingerprint density at radius 3 is 0.875 bits per heavy atom. The van der Waals surface area contributed by atoms with Gasteiger partial charge in [-0.05, 0) is 21.7 Å². The quantitative estimate of drug-likeness (QED) is 0.561. The largest absolute Gasteiger partial charge is 0.0648 e. The van der Waals surface area contributed by atoms with Crippen LogP contribution in [0.2, 0.25) is 0 Å². The van der Waals surface area contributed by atoms with Gasteiger partial charge in [0, 0.05) is 0 Å². The summed E-state index contributed by atoms with van der Waals surface area (Å²) in [7, 11) is 0. The van der Waals surface area contributed by atoms with Crippen molar-refractivity contribution in [3.63, 3.8) is 0 Å². The van der Waals surface area contributed by atoms with Crippen molar-refractivity contribution in [2.75, 3.05) is 0 Å². The van der Waals surface area contributed by atoms with E-state index >= 15 is 0 Å². The number of rotatable bonds is 3. The Balaban J connectivity index is 5.79. The maximum absolute atomic E-state index is 2.50. The normalized spacial score (nSPS) is 15.4.